The lowest BCUT2D eigenvalue weighted by Crippen LogP contribution is -2.10. The Morgan fingerprint density at radius 3 is 1.27 bits per heavy atom. The summed E-state index contributed by atoms with van der Waals surface area (Å²) in [4.78, 5) is 0. The van der Waals surface area contributed by atoms with E-state index in [2.05, 4.69) is 91.9 Å². The minimum Gasteiger partial charge on any atom is -0.0622 e. The van der Waals surface area contributed by atoms with Gasteiger partial charge in [-0.2, -0.15) is 0 Å². The third kappa shape index (κ3) is 2.07. The highest BCUT2D eigenvalue weighted by Gasteiger charge is 2.38. The van der Waals surface area contributed by atoms with Gasteiger partial charge >= 0.3 is 0 Å². The average Bonchev–Trinajstić information content (AvgIpc) is 2.88. The van der Waals surface area contributed by atoms with Crippen LogP contribution in [0.1, 0.15) is 41.0 Å². The van der Waals surface area contributed by atoms with Gasteiger partial charge in [0.25, 0.3) is 0 Å². The van der Waals surface area contributed by atoms with Crippen molar-refractivity contribution in [2.45, 2.75) is 18.8 Å². The maximum atomic E-state index is 2.40. The highest BCUT2D eigenvalue weighted by molar-refractivity contribution is 5.50. The Morgan fingerprint density at radius 2 is 0.864 bits per heavy atom. The zero-order valence-corrected chi connectivity index (χ0v) is 12.8. The van der Waals surface area contributed by atoms with Crippen molar-refractivity contribution in [3.8, 4) is 0 Å². The third-order valence-corrected chi connectivity index (χ3v) is 5.04. The van der Waals surface area contributed by atoms with Crippen molar-refractivity contribution in [3.63, 3.8) is 0 Å². The van der Waals surface area contributed by atoms with E-state index in [0.717, 1.165) is 0 Å². The van der Waals surface area contributed by atoms with Crippen LogP contribution in [0.5, 0.6) is 0 Å². The van der Waals surface area contributed by atoms with Crippen LogP contribution in [0.4, 0.5) is 0 Å². The molecule has 0 amide bonds. The molecule has 0 fully saturated rings. The zero-order chi connectivity index (χ0) is 14.9. The Kier molecular flexibility index (Phi) is 3.31. The van der Waals surface area contributed by atoms with Crippen LogP contribution in [0.2, 0.25) is 0 Å². The molecule has 0 aromatic heterocycles. The Morgan fingerprint density at radius 1 is 0.500 bits per heavy atom. The summed E-state index contributed by atoms with van der Waals surface area (Å²) in [6.45, 7) is 2.40. The molecule has 0 aliphatic heterocycles. The molecule has 0 saturated heterocycles. The zero-order valence-electron chi connectivity index (χ0n) is 12.8. The Balaban J connectivity index is 1.87. The lowest BCUT2D eigenvalue weighted by molar-refractivity contribution is 0.503. The summed E-state index contributed by atoms with van der Waals surface area (Å²) in [7, 11) is 0. The molecule has 0 nitrogen and oxygen atoms in total. The monoisotopic (exact) mass is 284 g/mol. The van der Waals surface area contributed by atoms with Crippen molar-refractivity contribution in [3.05, 3.63) is 107 Å². The van der Waals surface area contributed by atoms with E-state index in [4.69, 9.17) is 0 Å². The normalized spacial score (nSPS) is 23.2. The lowest BCUT2D eigenvalue weighted by Gasteiger charge is -2.22. The van der Waals surface area contributed by atoms with Crippen LogP contribution in [0.15, 0.2) is 84.9 Å². The fraction of sp³-hybridized carbons (Fsp3) is 0.182. The van der Waals surface area contributed by atoms with Crippen LogP contribution in [-0.2, 0) is 0 Å². The molecule has 4 rings (SSSR count). The van der Waals surface area contributed by atoms with Gasteiger partial charge in [-0.3, -0.25) is 0 Å². The number of fused-ring (bicyclic) bond motifs is 1. The maximum absolute atomic E-state index is 2.40. The fourth-order valence-electron chi connectivity index (χ4n) is 4.12. The smallest absolute Gasteiger partial charge is 0.0127 e. The standard InChI is InChI=1S/C22H20/c1-16-21(17-10-4-2-5-11-17)19-14-8-9-15-20(19)22(16)18-12-6-3-7-13-18/h2-16,21-22H,1H3/t16?,21-,22?/m0/s1. The van der Waals surface area contributed by atoms with Crippen LogP contribution < -0.4 is 0 Å². The van der Waals surface area contributed by atoms with Crippen LogP contribution in [-0.4, -0.2) is 0 Å². The SMILES string of the molecule is CC1C(c2ccccc2)c2ccccc2[C@@H]1c1ccccc1. The van der Waals surface area contributed by atoms with Crippen LogP contribution >= 0.6 is 0 Å². The molecule has 0 saturated carbocycles. The number of benzene rings is 3. The molecular formula is C22H20. The second-order valence-electron chi connectivity index (χ2n) is 6.26. The molecule has 0 radical (unpaired) electrons. The van der Waals surface area contributed by atoms with Gasteiger partial charge in [-0.1, -0.05) is 91.9 Å². The van der Waals surface area contributed by atoms with Crippen molar-refractivity contribution in [2.75, 3.05) is 0 Å². The Bertz CT molecular complexity index is 692. The van der Waals surface area contributed by atoms with Crippen molar-refractivity contribution >= 4 is 0 Å². The summed E-state index contributed by atoms with van der Waals surface area (Å²) in [6, 6.07) is 30.9. The van der Waals surface area contributed by atoms with Gasteiger partial charge in [-0.15, -0.1) is 0 Å². The molecule has 1 aliphatic carbocycles. The summed E-state index contributed by atoms with van der Waals surface area (Å²) >= 11 is 0. The predicted molar refractivity (Wildman–Crippen MR) is 92.2 cm³/mol. The number of hydrogen-bond acceptors (Lipinski definition) is 0. The Hall–Kier alpha value is -2.34. The summed E-state index contributed by atoms with van der Waals surface area (Å²) in [6.07, 6.45) is 0. The van der Waals surface area contributed by atoms with Gasteiger partial charge in [0.1, 0.15) is 0 Å². The topological polar surface area (TPSA) is 0 Å². The second kappa shape index (κ2) is 5.46. The van der Waals surface area contributed by atoms with Crippen molar-refractivity contribution < 1.29 is 0 Å². The molecule has 3 aromatic rings. The number of hydrogen-bond donors (Lipinski definition) is 0. The van der Waals surface area contributed by atoms with E-state index in [9.17, 15) is 0 Å². The van der Waals surface area contributed by atoms with Gasteiger partial charge in [-0.05, 0) is 28.2 Å². The lowest BCUT2D eigenvalue weighted by atomic mass is 9.81. The van der Waals surface area contributed by atoms with E-state index in [-0.39, 0.29) is 0 Å². The van der Waals surface area contributed by atoms with E-state index < -0.39 is 0 Å². The van der Waals surface area contributed by atoms with Gasteiger partial charge in [0.15, 0.2) is 0 Å². The molecule has 0 heterocycles. The fourth-order valence-corrected chi connectivity index (χ4v) is 4.12. The molecule has 22 heavy (non-hydrogen) atoms. The minimum atomic E-state index is 0.489. The van der Waals surface area contributed by atoms with Crippen LogP contribution in [0.3, 0.4) is 0 Å². The molecule has 3 atom stereocenters. The predicted octanol–water partition coefficient (Wildman–Crippen LogP) is 5.60. The molecule has 0 bridgehead atoms. The third-order valence-electron chi connectivity index (χ3n) is 5.04. The van der Waals surface area contributed by atoms with Crippen molar-refractivity contribution in [1.82, 2.24) is 0 Å². The molecule has 0 spiro atoms. The van der Waals surface area contributed by atoms with E-state index in [1.807, 2.05) is 0 Å². The highest BCUT2D eigenvalue weighted by Crippen LogP contribution is 2.51. The van der Waals surface area contributed by atoms with Gasteiger partial charge in [-0.25, -0.2) is 0 Å². The van der Waals surface area contributed by atoms with Gasteiger partial charge in [0.05, 0.1) is 0 Å². The van der Waals surface area contributed by atoms with Crippen molar-refractivity contribution in [2.24, 2.45) is 5.92 Å². The summed E-state index contributed by atoms with van der Waals surface area (Å²) in [5.74, 6) is 1.55. The first-order valence-corrected chi connectivity index (χ1v) is 8.05. The van der Waals surface area contributed by atoms with E-state index in [0.29, 0.717) is 17.8 Å². The quantitative estimate of drug-likeness (QED) is 0.574. The van der Waals surface area contributed by atoms with Crippen LogP contribution in [0, 0.1) is 5.92 Å². The van der Waals surface area contributed by atoms with E-state index in [1.54, 1.807) is 0 Å². The van der Waals surface area contributed by atoms with Gasteiger partial charge in [0.2, 0.25) is 0 Å². The first kappa shape index (κ1) is 13.3. The minimum absolute atomic E-state index is 0.489. The molecule has 0 heteroatoms. The van der Waals surface area contributed by atoms with Gasteiger partial charge < -0.3 is 0 Å². The Labute approximate surface area is 132 Å². The molecule has 3 aromatic carbocycles. The van der Waals surface area contributed by atoms with Crippen molar-refractivity contribution in [1.29, 1.82) is 0 Å². The molecule has 0 N–H and O–H groups in total. The summed E-state index contributed by atoms with van der Waals surface area (Å²) in [5, 5.41) is 0. The molecule has 2 unspecified atom stereocenters. The first-order chi connectivity index (χ1) is 10.9. The average molecular weight is 284 g/mol. The van der Waals surface area contributed by atoms with Gasteiger partial charge in [0, 0.05) is 11.8 Å². The second-order valence-corrected chi connectivity index (χ2v) is 6.26. The van der Waals surface area contributed by atoms with E-state index in [1.165, 1.54) is 22.3 Å². The number of rotatable bonds is 2. The van der Waals surface area contributed by atoms with E-state index >= 15 is 0 Å². The maximum Gasteiger partial charge on any atom is 0.0127 e. The molecule has 108 valence electrons. The molecular weight excluding hydrogens is 264 g/mol. The first-order valence-electron chi connectivity index (χ1n) is 8.05. The molecule has 1 aliphatic rings. The van der Waals surface area contributed by atoms with Crippen LogP contribution in [0.25, 0.3) is 0 Å². The summed E-state index contributed by atoms with van der Waals surface area (Å²) < 4.78 is 0. The highest BCUT2D eigenvalue weighted by atomic mass is 14.4. The summed E-state index contributed by atoms with van der Waals surface area (Å²) in [5.41, 5.74) is 5.85. The largest absolute Gasteiger partial charge is 0.0622 e.